The van der Waals surface area contributed by atoms with Gasteiger partial charge < -0.3 is 10.6 Å². The number of aromatic nitrogens is 2. The van der Waals surface area contributed by atoms with Crippen molar-refractivity contribution in [3.05, 3.63) is 47.3 Å². The fourth-order valence-electron chi connectivity index (χ4n) is 1.95. The zero-order valence-corrected chi connectivity index (χ0v) is 11.4. The molecule has 0 aliphatic heterocycles. The number of halogens is 2. The monoisotopic (exact) mass is 278 g/mol. The highest BCUT2D eigenvalue weighted by molar-refractivity contribution is 5.57. The molecule has 4 nitrogen and oxygen atoms in total. The second-order valence-electron chi connectivity index (χ2n) is 4.26. The van der Waals surface area contributed by atoms with Crippen molar-refractivity contribution in [3.8, 4) is 0 Å². The second kappa shape index (κ2) is 6.27. The van der Waals surface area contributed by atoms with Crippen LogP contribution in [0.1, 0.15) is 18.1 Å². The minimum absolute atomic E-state index is 0.365. The third kappa shape index (κ3) is 3.01. The van der Waals surface area contributed by atoms with E-state index in [4.69, 9.17) is 0 Å². The van der Waals surface area contributed by atoms with Crippen LogP contribution in [0.15, 0.2) is 24.5 Å². The van der Waals surface area contributed by atoms with Crippen LogP contribution in [0, 0.1) is 11.6 Å². The summed E-state index contributed by atoms with van der Waals surface area (Å²) in [4.78, 5) is 8.32. The molecule has 2 rings (SSSR count). The molecule has 20 heavy (non-hydrogen) atoms. The molecule has 0 saturated carbocycles. The predicted octanol–water partition coefficient (Wildman–Crippen LogP) is 2.97. The lowest BCUT2D eigenvalue weighted by molar-refractivity contribution is 0.507. The van der Waals surface area contributed by atoms with Crippen molar-refractivity contribution in [2.45, 2.75) is 19.9 Å². The van der Waals surface area contributed by atoms with Crippen molar-refractivity contribution in [2.24, 2.45) is 0 Å². The first-order valence-corrected chi connectivity index (χ1v) is 6.35. The maximum atomic E-state index is 13.1. The summed E-state index contributed by atoms with van der Waals surface area (Å²) in [6.45, 7) is 2.37. The summed E-state index contributed by atoms with van der Waals surface area (Å²) in [5.74, 6) is -0.243. The van der Waals surface area contributed by atoms with E-state index < -0.39 is 11.6 Å². The van der Waals surface area contributed by atoms with E-state index in [-0.39, 0.29) is 0 Å². The average molecular weight is 278 g/mol. The summed E-state index contributed by atoms with van der Waals surface area (Å²) >= 11 is 0. The van der Waals surface area contributed by atoms with Crippen molar-refractivity contribution in [3.63, 3.8) is 0 Å². The quantitative estimate of drug-likeness (QED) is 0.883. The third-order valence-corrected chi connectivity index (χ3v) is 2.98. The molecular weight excluding hydrogens is 262 g/mol. The smallest absolute Gasteiger partial charge is 0.159 e. The summed E-state index contributed by atoms with van der Waals surface area (Å²) < 4.78 is 26.0. The van der Waals surface area contributed by atoms with Gasteiger partial charge in [-0.25, -0.2) is 18.7 Å². The number of anilines is 2. The number of benzene rings is 1. The van der Waals surface area contributed by atoms with Gasteiger partial charge in [-0.2, -0.15) is 0 Å². The Balaban J connectivity index is 2.16. The highest BCUT2D eigenvalue weighted by Crippen LogP contribution is 2.20. The molecular formula is C14H16F2N4. The van der Waals surface area contributed by atoms with Crippen molar-refractivity contribution in [1.29, 1.82) is 0 Å². The normalized spacial score (nSPS) is 10.4. The van der Waals surface area contributed by atoms with Crippen molar-refractivity contribution < 1.29 is 8.78 Å². The number of hydrogen-bond donors (Lipinski definition) is 2. The zero-order chi connectivity index (χ0) is 14.5. The lowest BCUT2D eigenvalue weighted by atomic mass is 10.2. The number of hydrogen-bond acceptors (Lipinski definition) is 4. The molecule has 0 fully saturated rings. The van der Waals surface area contributed by atoms with Crippen LogP contribution in [0.4, 0.5) is 20.4 Å². The molecule has 0 unspecified atom stereocenters. The zero-order valence-electron chi connectivity index (χ0n) is 11.4. The van der Waals surface area contributed by atoms with Crippen LogP contribution in [0.25, 0.3) is 0 Å². The molecule has 2 N–H and O–H groups in total. The molecule has 0 bridgehead atoms. The number of rotatable bonds is 5. The van der Waals surface area contributed by atoms with E-state index in [1.165, 1.54) is 18.5 Å². The predicted molar refractivity (Wildman–Crippen MR) is 74.6 cm³/mol. The van der Waals surface area contributed by atoms with E-state index in [1.54, 1.807) is 7.05 Å². The Bertz CT molecular complexity index is 602. The maximum absolute atomic E-state index is 13.1. The molecule has 0 atom stereocenters. The van der Waals surface area contributed by atoms with Gasteiger partial charge in [-0.15, -0.1) is 0 Å². The summed E-state index contributed by atoms with van der Waals surface area (Å²) in [5, 5.41) is 6.12. The van der Waals surface area contributed by atoms with Crippen LogP contribution in [0.5, 0.6) is 0 Å². The van der Waals surface area contributed by atoms with Crippen LogP contribution in [-0.4, -0.2) is 17.0 Å². The standard InChI is InChI=1S/C14H16F2N4/c1-3-10-13(17-2)19-8-20-14(10)18-7-9-4-5-11(15)12(16)6-9/h4-6,8H,3,7H2,1-2H3,(H2,17,18,19,20). The molecule has 0 aliphatic rings. The maximum Gasteiger partial charge on any atom is 0.159 e. The van der Waals surface area contributed by atoms with Crippen molar-refractivity contribution in [2.75, 3.05) is 17.7 Å². The molecule has 106 valence electrons. The van der Waals surface area contributed by atoms with Gasteiger partial charge in [0.25, 0.3) is 0 Å². The second-order valence-corrected chi connectivity index (χ2v) is 4.26. The average Bonchev–Trinajstić information content (AvgIpc) is 2.47. The molecule has 1 heterocycles. The molecule has 0 spiro atoms. The van der Waals surface area contributed by atoms with Gasteiger partial charge in [-0.1, -0.05) is 13.0 Å². The SMILES string of the molecule is CCc1c(NC)ncnc1NCc1ccc(F)c(F)c1. The first kappa shape index (κ1) is 14.2. The Morgan fingerprint density at radius 1 is 1.10 bits per heavy atom. The summed E-state index contributed by atoms with van der Waals surface area (Å²) in [6, 6.07) is 3.83. The van der Waals surface area contributed by atoms with Gasteiger partial charge >= 0.3 is 0 Å². The van der Waals surface area contributed by atoms with Crippen molar-refractivity contribution in [1.82, 2.24) is 9.97 Å². The molecule has 2 aromatic rings. The van der Waals surface area contributed by atoms with Crippen LogP contribution in [0.2, 0.25) is 0 Å². The fourth-order valence-corrected chi connectivity index (χ4v) is 1.95. The van der Waals surface area contributed by atoms with Crippen LogP contribution in [0.3, 0.4) is 0 Å². The molecule has 0 saturated heterocycles. The van der Waals surface area contributed by atoms with Gasteiger partial charge in [0.1, 0.15) is 18.0 Å². The van der Waals surface area contributed by atoms with E-state index >= 15 is 0 Å². The summed E-state index contributed by atoms with van der Waals surface area (Å²) in [6.07, 6.45) is 2.22. The van der Waals surface area contributed by atoms with Gasteiger partial charge in [0.05, 0.1) is 0 Å². The first-order valence-electron chi connectivity index (χ1n) is 6.35. The fraction of sp³-hybridized carbons (Fsp3) is 0.286. The lowest BCUT2D eigenvalue weighted by Crippen LogP contribution is -2.08. The highest BCUT2D eigenvalue weighted by Gasteiger charge is 2.09. The molecule has 0 radical (unpaired) electrons. The van der Waals surface area contributed by atoms with E-state index in [0.717, 1.165) is 23.9 Å². The van der Waals surface area contributed by atoms with E-state index in [2.05, 4.69) is 20.6 Å². The lowest BCUT2D eigenvalue weighted by Gasteiger charge is -2.12. The highest BCUT2D eigenvalue weighted by atomic mass is 19.2. The minimum Gasteiger partial charge on any atom is -0.373 e. The van der Waals surface area contributed by atoms with Crippen molar-refractivity contribution >= 4 is 11.6 Å². The third-order valence-electron chi connectivity index (χ3n) is 2.98. The van der Waals surface area contributed by atoms with Gasteiger partial charge in [-0.3, -0.25) is 0 Å². The Hall–Kier alpha value is -2.24. The Labute approximate surface area is 116 Å². The van der Waals surface area contributed by atoms with E-state index in [0.29, 0.717) is 17.9 Å². The number of nitrogens with zero attached hydrogens (tertiary/aromatic N) is 2. The van der Waals surface area contributed by atoms with Crippen LogP contribution < -0.4 is 10.6 Å². The summed E-state index contributed by atoms with van der Waals surface area (Å²) in [5.41, 5.74) is 1.60. The van der Waals surface area contributed by atoms with Gasteiger partial charge in [0.2, 0.25) is 0 Å². The van der Waals surface area contributed by atoms with E-state index in [9.17, 15) is 8.78 Å². The largest absolute Gasteiger partial charge is 0.373 e. The van der Waals surface area contributed by atoms with Crippen LogP contribution >= 0.6 is 0 Å². The first-order chi connectivity index (χ1) is 9.65. The van der Waals surface area contributed by atoms with Gasteiger partial charge in [0, 0.05) is 19.2 Å². The van der Waals surface area contributed by atoms with Gasteiger partial charge in [0.15, 0.2) is 11.6 Å². The van der Waals surface area contributed by atoms with Gasteiger partial charge in [-0.05, 0) is 24.1 Å². The molecule has 0 amide bonds. The minimum atomic E-state index is -0.849. The Morgan fingerprint density at radius 2 is 1.85 bits per heavy atom. The molecule has 1 aromatic heterocycles. The Morgan fingerprint density at radius 3 is 2.50 bits per heavy atom. The Kier molecular flexibility index (Phi) is 4.45. The molecule has 6 heteroatoms. The molecule has 0 aliphatic carbocycles. The van der Waals surface area contributed by atoms with E-state index in [1.807, 2.05) is 6.92 Å². The topological polar surface area (TPSA) is 49.8 Å². The van der Waals surface area contributed by atoms with Crippen LogP contribution in [-0.2, 0) is 13.0 Å². The molecule has 1 aromatic carbocycles. The number of nitrogens with one attached hydrogen (secondary N) is 2. The summed E-state index contributed by atoms with van der Waals surface area (Å²) in [7, 11) is 1.79.